The van der Waals surface area contributed by atoms with Crippen molar-refractivity contribution in [3.63, 3.8) is 0 Å². The fourth-order valence-electron chi connectivity index (χ4n) is 10.1. The van der Waals surface area contributed by atoms with Crippen LogP contribution in [0, 0.1) is 0 Å². The van der Waals surface area contributed by atoms with Crippen LogP contribution in [0.1, 0.15) is 47.2 Å². The van der Waals surface area contributed by atoms with Crippen molar-refractivity contribution in [3.05, 3.63) is 246 Å². The normalized spacial score (nSPS) is 14.0. The van der Waals surface area contributed by atoms with Gasteiger partial charge in [-0.15, -0.1) is 0 Å². The van der Waals surface area contributed by atoms with E-state index < -0.39 is 5.41 Å². The molecule has 0 radical (unpaired) electrons. The summed E-state index contributed by atoms with van der Waals surface area (Å²) in [4.78, 5) is 5.52. The highest BCUT2D eigenvalue weighted by Gasteiger charge is 2.53. The summed E-state index contributed by atoms with van der Waals surface area (Å²) in [5, 5.41) is 0. The Labute approximate surface area is 341 Å². The molecule has 0 unspecified atom stereocenters. The van der Waals surface area contributed by atoms with E-state index in [1.54, 1.807) is 0 Å². The van der Waals surface area contributed by atoms with Gasteiger partial charge in [-0.25, -0.2) is 4.98 Å². The lowest BCUT2D eigenvalue weighted by Gasteiger charge is -2.46. The van der Waals surface area contributed by atoms with Crippen LogP contribution in [-0.2, 0) is 10.8 Å². The van der Waals surface area contributed by atoms with Gasteiger partial charge in [0.15, 0.2) is 0 Å². The first kappa shape index (κ1) is 34.2. The molecule has 58 heavy (non-hydrogen) atoms. The quantitative estimate of drug-likeness (QED) is 0.171. The van der Waals surface area contributed by atoms with Gasteiger partial charge in [0.05, 0.1) is 16.8 Å². The van der Waals surface area contributed by atoms with E-state index in [4.69, 9.17) is 4.98 Å². The van der Waals surface area contributed by atoms with Gasteiger partial charge < -0.3 is 0 Å². The maximum atomic E-state index is 5.52. The molecule has 1 heterocycles. The Bertz CT molecular complexity index is 2910. The lowest BCUT2D eigenvalue weighted by Crippen LogP contribution is -2.40. The Balaban J connectivity index is 1.23. The molecule has 8 aromatic carbocycles. The van der Waals surface area contributed by atoms with E-state index in [0.29, 0.717) is 0 Å². The summed E-state index contributed by atoms with van der Waals surface area (Å²) >= 11 is 0. The summed E-state index contributed by atoms with van der Waals surface area (Å²) < 4.78 is 0. The number of nitrogens with zero attached hydrogens (tertiary/aromatic N) is 1. The SMILES string of the molecule is CC1(C)c2ccccc2C2(c3ccc(-c4cccc(-c5ccccc5)c4)cc3-c3c(-c4cc(-c5ccccc5)cc(-c5ccccc5)n4)cccc32)c2ccccc21. The Morgan fingerprint density at radius 3 is 1.40 bits per heavy atom. The van der Waals surface area contributed by atoms with Crippen LogP contribution in [0.15, 0.2) is 212 Å². The lowest BCUT2D eigenvalue weighted by atomic mass is 9.55. The van der Waals surface area contributed by atoms with Gasteiger partial charge in [-0.3, -0.25) is 0 Å². The highest BCUT2D eigenvalue weighted by molar-refractivity contribution is 5.98. The second-order valence-electron chi connectivity index (χ2n) is 16.3. The molecule has 0 fully saturated rings. The van der Waals surface area contributed by atoms with Gasteiger partial charge >= 0.3 is 0 Å². The summed E-state index contributed by atoms with van der Waals surface area (Å²) in [6.07, 6.45) is 0. The van der Waals surface area contributed by atoms with E-state index >= 15 is 0 Å². The molecule has 1 nitrogen and oxygen atoms in total. The second-order valence-corrected chi connectivity index (χ2v) is 16.3. The first-order valence-corrected chi connectivity index (χ1v) is 20.3. The van der Waals surface area contributed by atoms with Crippen LogP contribution in [0.2, 0.25) is 0 Å². The van der Waals surface area contributed by atoms with Crippen LogP contribution in [0.3, 0.4) is 0 Å². The topological polar surface area (TPSA) is 12.9 Å². The number of aromatic nitrogens is 1. The standard InChI is InChI=1S/C57H41N/c1-56(2)48-27-12-14-29-50(48)57(51-30-15-13-28-49(51)56)47-33-32-43(42-25-16-24-41(34-42)38-18-6-3-7-19-38)35-46(47)55-45(26-17-31-52(55)57)54-37-44(39-20-8-4-9-21-39)36-53(58-54)40-22-10-5-11-23-40/h3-37H,1-2H3. The maximum absolute atomic E-state index is 5.52. The molecule has 2 aliphatic rings. The first-order chi connectivity index (χ1) is 28.5. The Morgan fingerprint density at radius 2 is 0.759 bits per heavy atom. The van der Waals surface area contributed by atoms with Crippen LogP contribution < -0.4 is 0 Å². The average molecular weight is 740 g/mol. The van der Waals surface area contributed by atoms with Gasteiger partial charge in [-0.05, 0) is 102 Å². The molecule has 0 aliphatic heterocycles. The highest BCUT2D eigenvalue weighted by atomic mass is 14.7. The number of pyridine rings is 1. The van der Waals surface area contributed by atoms with Gasteiger partial charge in [-0.1, -0.05) is 202 Å². The molecule has 9 aromatic rings. The molecule has 0 atom stereocenters. The predicted molar refractivity (Wildman–Crippen MR) is 241 cm³/mol. The summed E-state index contributed by atoms with van der Waals surface area (Å²) in [5.74, 6) is 0. The molecule has 0 saturated heterocycles. The third-order valence-corrected chi connectivity index (χ3v) is 12.8. The number of fused-ring (bicyclic) bond motifs is 9. The Kier molecular flexibility index (Phi) is 7.81. The molecule has 11 rings (SSSR count). The van der Waals surface area contributed by atoms with Crippen LogP contribution in [-0.4, -0.2) is 4.98 Å². The van der Waals surface area contributed by atoms with Crippen LogP contribution >= 0.6 is 0 Å². The average Bonchev–Trinajstić information content (AvgIpc) is 3.59. The third-order valence-electron chi connectivity index (χ3n) is 12.8. The monoisotopic (exact) mass is 739 g/mol. The zero-order chi connectivity index (χ0) is 38.8. The van der Waals surface area contributed by atoms with Crippen molar-refractivity contribution in [1.82, 2.24) is 4.98 Å². The maximum Gasteiger partial charge on any atom is 0.0722 e. The predicted octanol–water partition coefficient (Wildman–Crippen LogP) is 14.4. The summed E-state index contributed by atoms with van der Waals surface area (Å²) in [6.45, 7) is 4.77. The molecule has 1 spiro atoms. The molecule has 0 saturated carbocycles. The highest BCUT2D eigenvalue weighted by Crippen LogP contribution is 2.63. The Hall–Kier alpha value is -7.09. The molecular formula is C57H41N. The van der Waals surface area contributed by atoms with Gasteiger partial charge in [0, 0.05) is 16.5 Å². The van der Waals surface area contributed by atoms with Crippen molar-refractivity contribution in [2.45, 2.75) is 24.7 Å². The minimum atomic E-state index is -0.521. The van der Waals surface area contributed by atoms with Gasteiger partial charge in [0.25, 0.3) is 0 Å². The minimum absolute atomic E-state index is 0.174. The van der Waals surface area contributed by atoms with Crippen molar-refractivity contribution in [2.75, 3.05) is 0 Å². The summed E-state index contributed by atoms with van der Waals surface area (Å²) in [6, 6.07) is 78.0. The number of benzene rings is 8. The molecule has 1 aromatic heterocycles. The number of rotatable bonds is 5. The molecule has 0 N–H and O–H groups in total. The van der Waals surface area contributed by atoms with Crippen LogP contribution in [0.25, 0.3) is 67.0 Å². The van der Waals surface area contributed by atoms with Crippen molar-refractivity contribution in [1.29, 1.82) is 0 Å². The fourth-order valence-corrected chi connectivity index (χ4v) is 10.1. The lowest BCUT2D eigenvalue weighted by molar-refractivity contribution is 0.563. The van der Waals surface area contributed by atoms with Crippen molar-refractivity contribution < 1.29 is 0 Å². The van der Waals surface area contributed by atoms with E-state index in [-0.39, 0.29) is 5.41 Å². The number of hydrogen-bond acceptors (Lipinski definition) is 1. The number of hydrogen-bond donors (Lipinski definition) is 0. The van der Waals surface area contributed by atoms with Crippen molar-refractivity contribution in [2.24, 2.45) is 0 Å². The molecule has 1 heteroatoms. The largest absolute Gasteiger partial charge is 0.248 e. The summed E-state index contributed by atoms with van der Waals surface area (Å²) in [5.41, 5.74) is 21.2. The zero-order valence-electron chi connectivity index (χ0n) is 32.7. The van der Waals surface area contributed by atoms with Crippen LogP contribution in [0.5, 0.6) is 0 Å². The van der Waals surface area contributed by atoms with Crippen molar-refractivity contribution >= 4 is 0 Å². The summed E-state index contributed by atoms with van der Waals surface area (Å²) in [7, 11) is 0. The Morgan fingerprint density at radius 1 is 0.293 bits per heavy atom. The van der Waals surface area contributed by atoms with E-state index in [1.807, 2.05) is 0 Å². The molecule has 0 amide bonds. The third kappa shape index (κ3) is 5.13. The molecule has 2 aliphatic carbocycles. The minimum Gasteiger partial charge on any atom is -0.248 e. The van der Waals surface area contributed by atoms with Gasteiger partial charge in [-0.2, -0.15) is 0 Å². The molecule has 274 valence electrons. The van der Waals surface area contributed by atoms with E-state index in [0.717, 1.165) is 28.1 Å². The van der Waals surface area contributed by atoms with Crippen molar-refractivity contribution in [3.8, 4) is 67.0 Å². The smallest absolute Gasteiger partial charge is 0.0722 e. The van der Waals surface area contributed by atoms with E-state index in [2.05, 4.69) is 226 Å². The van der Waals surface area contributed by atoms with E-state index in [9.17, 15) is 0 Å². The van der Waals surface area contributed by atoms with E-state index in [1.165, 1.54) is 72.3 Å². The molecular weight excluding hydrogens is 699 g/mol. The van der Waals surface area contributed by atoms with Crippen LogP contribution in [0.4, 0.5) is 0 Å². The fraction of sp³-hybridized carbons (Fsp3) is 0.0702. The second kappa shape index (κ2) is 13.3. The first-order valence-electron chi connectivity index (χ1n) is 20.3. The molecule has 0 bridgehead atoms. The van der Waals surface area contributed by atoms with Gasteiger partial charge in [0.2, 0.25) is 0 Å². The van der Waals surface area contributed by atoms with Gasteiger partial charge in [0.1, 0.15) is 0 Å². The zero-order valence-corrected chi connectivity index (χ0v) is 32.7.